The van der Waals surface area contributed by atoms with Crippen LogP contribution >= 0.6 is 0 Å². The van der Waals surface area contributed by atoms with E-state index in [1.165, 1.54) is 6.07 Å². The third kappa shape index (κ3) is 2.99. The van der Waals surface area contributed by atoms with Crippen molar-refractivity contribution in [2.75, 3.05) is 31.6 Å². The molecule has 2 atom stereocenters. The van der Waals surface area contributed by atoms with E-state index in [0.717, 1.165) is 0 Å². The first kappa shape index (κ1) is 16.4. The number of alkyl halides is 1. The van der Waals surface area contributed by atoms with Crippen molar-refractivity contribution in [2.45, 2.75) is 18.6 Å². The molecule has 1 fully saturated rings. The van der Waals surface area contributed by atoms with Crippen LogP contribution in [0.25, 0.3) is 16.8 Å². The Labute approximate surface area is 154 Å². The molecule has 140 valence electrons. The van der Waals surface area contributed by atoms with Crippen LogP contribution in [0, 0.1) is 5.82 Å². The van der Waals surface area contributed by atoms with Gasteiger partial charge in [-0.3, -0.25) is 4.90 Å². The Balaban J connectivity index is 1.59. The molecule has 1 aromatic carbocycles. The summed E-state index contributed by atoms with van der Waals surface area (Å²) in [7, 11) is 0. The first-order chi connectivity index (χ1) is 13.2. The second-order valence-corrected chi connectivity index (χ2v) is 7.00. The van der Waals surface area contributed by atoms with Crippen LogP contribution in [0.3, 0.4) is 0 Å². The summed E-state index contributed by atoms with van der Waals surface area (Å²) in [6.45, 7) is 2.11. The Morgan fingerprint density at radius 1 is 1.22 bits per heavy atom. The first-order valence-electron chi connectivity index (χ1n) is 9.06. The van der Waals surface area contributed by atoms with Crippen molar-refractivity contribution in [1.29, 1.82) is 0 Å². The van der Waals surface area contributed by atoms with Crippen molar-refractivity contribution in [2.24, 2.45) is 0 Å². The minimum atomic E-state index is -0.847. The fourth-order valence-electron chi connectivity index (χ4n) is 3.85. The average Bonchev–Trinajstić information content (AvgIpc) is 3.23. The highest BCUT2D eigenvalue weighted by molar-refractivity contribution is 5.78. The molecule has 0 saturated carbocycles. The molecular weight excluding hydrogens is 352 g/mol. The lowest BCUT2D eigenvalue weighted by Crippen LogP contribution is -2.37. The fraction of sp³-hybridized carbons (Fsp3) is 0.368. The number of hydrogen-bond donors (Lipinski definition) is 1. The molecule has 6 nitrogen and oxygen atoms in total. The molecule has 4 bridgehead atoms. The number of ether oxygens (including phenoxy) is 1. The number of nitrogens with zero attached hydrogens (tertiary/aromatic N) is 4. The molecule has 5 rings (SSSR count). The Bertz CT molecular complexity index is 991. The van der Waals surface area contributed by atoms with Gasteiger partial charge in [0.15, 0.2) is 5.65 Å². The predicted molar refractivity (Wildman–Crippen MR) is 97.2 cm³/mol. The molecule has 8 heteroatoms. The van der Waals surface area contributed by atoms with Gasteiger partial charge in [-0.25, -0.2) is 18.3 Å². The molecule has 27 heavy (non-hydrogen) atoms. The Morgan fingerprint density at radius 3 is 3.07 bits per heavy atom. The fourth-order valence-corrected chi connectivity index (χ4v) is 3.85. The van der Waals surface area contributed by atoms with Crippen molar-refractivity contribution in [3.8, 4) is 16.9 Å². The molecule has 2 aliphatic heterocycles. The van der Waals surface area contributed by atoms with Crippen LogP contribution in [0.2, 0.25) is 0 Å². The maximum absolute atomic E-state index is 14.5. The molecule has 0 amide bonds. The van der Waals surface area contributed by atoms with Crippen molar-refractivity contribution in [3.05, 3.63) is 42.5 Å². The smallest absolute Gasteiger partial charge is 0.165 e. The lowest BCUT2D eigenvalue weighted by Gasteiger charge is -2.24. The number of benzene rings is 1. The summed E-state index contributed by atoms with van der Waals surface area (Å²) in [4.78, 5) is 6.68. The molecule has 0 aliphatic carbocycles. The van der Waals surface area contributed by atoms with Crippen LogP contribution in [-0.4, -0.2) is 58.0 Å². The topological polar surface area (TPSA) is 54.7 Å². The minimum Gasteiger partial charge on any atom is -0.492 e. The van der Waals surface area contributed by atoms with E-state index < -0.39 is 6.17 Å². The van der Waals surface area contributed by atoms with Gasteiger partial charge in [0.05, 0.1) is 6.20 Å². The molecule has 0 unspecified atom stereocenters. The molecule has 0 spiro atoms. The highest BCUT2D eigenvalue weighted by Crippen LogP contribution is 2.31. The van der Waals surface area contributed by atoms with E-state index in [2.05, 4.69) is 20.3 Å². The third-order valence-electron chi connectivity index (χ3n) is 5.22. The molecule has 2 aliphatic rings. The maximum atomic E-state index is 14.5. The normalized spacial score (nSPS) is 22.9. The standard InChI is InChI=1S/C19H19F2N5O/c20-12-7-13-11-27-14-1-2-17(21)15(8-14)16-9-23-26-5-3-18(24-19(16)26)22-4-6-25(13)10-12/h1-3,5,8-9,12-13H,4,6-7,10-11H2,(H,22,24)/t12-,13-/m0/s1. The summed E-state index contributed by atoms with van der Waals surface area (Å²) < 4.78 is 36.0. The summed E-state index contributed by atoms with van der Waals surface area (Å²) in [6, 6.07) is 6.47. The first-order valence-corrected chi connectivity index (χ1v) is 9.06. The average molecular weight is 371 g/mol. The predicted octanol–water partition coefficient (Wildman–Crippen LogP) is 2.75. The highest BCUT2D eigenvalue weighted by Gasteiger charge is 2.32. The maximum Gasteiger partial charge on any atom is 0.165 e. The van der Waals surface area contributed by atoms with Gasteiger partial charge in [-0.15, -0.1) is 0 Å². The van der Waals surface area contributed by atoms with Crippen LogP contribution in [0.5, 0.6) is 5.75 Å². The monoisotopic (exact) mass is 371 g/mol. The number of halogens is 2. The number of hydrogen-bond acceptors (Lipinski definition) is 5. The van der Waals surface area contributed by atoms with Gasteiger partial charge < -0.3 is 10.1 Å². The number of nitrogens with one attached hydrogen (secondary N) is 1. The van der Waals surface area contributed by atoms with E-state index in [9.17, 15) is 8.78 Å². The van der Waals surface area contributed by atoms with Crippen molar-refractivity contribution in [1.82, 2.24) is 19.5 Å². The Morgan fingerprint density at radius 2 is 2.15 bits per heavy atom. The molecular formula is C19H19F2N5O. The van der Waals surface area contributed by atoms with E-state index >= 15 is 0 Å². The molecule has 2 aromatic heterocycles. The molecule has 0 radical (unpaired) electrons. The van der Waals surface area contributed by atoms with Gasteiger partial charge in [-0.1, -0.05) is 0 Å². The SMILES string of the molecule is Fc1ccc2cc1-c1cnn3ccc(nc13)NCCN1C[C@@H](F)C[C@H]1CO2. The van der Waals surface area contributed by atoms with Crippen LogP contribution in [0.15, 0.2) is 36.7 Å². The van der Waals surface area contributed by atoms with Crippen LogP contribution in [0.1, 0.15) is 6.42 Å². The Kier molecular flexibility index (Phi) is 3.93. The van der Waals surface area contributed by atoms with E-state index in [4.69, 9.17) is 4.74 Å². The van der Waals surface area contributed by atoms with Gasteiger partial charge in [-0.05, 0) is 30.7 Å². The van der Waals surface area contributed by atoms with Gasteiger partial charge >= 0.3 is 0 Å². The van der Waals surface area contributed by atoms with Gasteiger partial charge in [0.1, 0.15) is 30.2 Å². The number of anilines is 1. The zero-order valence-corrected chi connectivity index (χ0v) is 14.6. The minimum absolute atomic E-state index is 0.000362. The van der Waals surface area contributed by atoms with Gasteiger partial charge in [0.25, 0.3) is 0 Å². The van der Waals surface area contributed by atoms with Gasteiger partial charge in [0.2, 0.25) is 0 Å². The Hall–Kier alpha value is -2.74. The van der Waals surface area contributed by atoms with E-state index in [1.54, 1.807) is 29.0 Å². The van der Waals surface area contributed by atoms with Crippen LogP contribution < -0.4 is 10.1 Å². The van der Waals surface area contributed by atoms with Crippen molar-refractivity contribution >= 4 is 11.5 Å². The summed E-state index contributed by atoms with van der Waals surface area (Å²) in [5.41, 5.74) is 1.55. The second-order valence-electron chi connectivity index (χ2n) is 7.00. The number of aromatic nitrogens is 3. The highest BCUT2D eigenvalue weighted by atomic mass is 19.1. The molecule has 3 aromatic rings. The summed E-state index contributed by atoms with van der Waals surface area (Å²) in [5, 5.41) is 7.54. The lowest BCUT2D eigenvalue weighted by molar-refractivity contribution is 0.176. The number of rotatable bonds is 0. The zero-order chi connectivity index (χ0) is 18.4. The molecule has 4 heterocycles. The van der Waals surface area contributed by atoms with Crippen molar-refractivity contribution < 1.29 is 13.5 Å². The summed E-state index contributed by atoms with van der Waals surface area (Å²) in [5.74, 6) is 0.872. The van der Waals surface area contributed by atoms with Gasteiger partial charge in [-0.2, -0.15) is 5.10 Å². The van der Waals surface area contributed by atoms with Crippen LogP contribution in [0.4, 0.5) is 14.6 Å². The van der Waals surface area contributed by atoms with Gasteiger partial charge in [0, 0.05) is 43.0 Å². The van der Waals surface area contributed by atoms with E-state index in [0.29, 0.717) is 61.0 Å². The molecule has 1 N–H and O–H groups in total. The lowest BCUT2D eigenvalue weighted by atomic mass is 10.1. The number of fused-ring (bicyclic) bond motifs is 5. The van der Waals surface area contributed by atoms with Crippen LogP contribution in [-0.2, 0) is 0 Å². The van der Waals surface area contributed by atoms with E-state index in [1.807, 2.05) is 6.07 Å². The van der Waals surface area contributed by atoms with E-state index in [-0.39, 0.29) is 11.9 Å². The second kappa shape index (κ2) is 6.45. The van der Waals surface area contributed by atoms with Crippen molar-refractivity contribution in [3.63, 3.8) is 0 Å². The summed E-state index contributed by atoms with van der Waals surface area (Å²) >= 11 is 0. The quantitative estimate of drug-likeness (QED) is 0.659. The largest absolute Gasteiger partial charge is 0.492 e. The molecule has 1 saturated heterocycles. The summed E-state index contributed by atoms with van der Waals surface area (Å²) in [6.07, 6.45) is 2.99. The zero-order valence-electron chi connectivity index (χ0n) is 14.6. The third-order valence-corrected chi connectivity index (χ3v) is 5.22.